The largest absolute Gasteiger partial charge is 0.340 e. The van der Waals surface area contributed by atoms with Gasteiger partial charge in [0.2, 0.25) is 11.8 Å². The molecule has 0 bridgehead atoms. The molecular weight excluding hydrogens is 259 g/mol. The summed E-state index contributed by atoms with van der Waals surface area (Å²) in [6, 6.07) is 0. The van der Waals surface area contributed by atoms with E-state index in [4.69, 9.17) is 5.73 Å². The Morgan fingerprint density at radius 3 is 2.71 bits per heavy atom. The number of hydrogen-bond acceptors (Lipinski definition) is 5. The van der Waals surface area contributed by atoms with E-state index in [1.54, 1.807) is 0 Å². The number of thioether (sulfide) groups is 1. The van der Waals surface area contributed by atoms with E-state index in [1.165, 1.54) is 16.7 Å². The summed E-state index contributed by atoms with van der Waals surface area (Å²) >= 11 is 1.39. The summed E-state index contributed by atoms with van der Waals surface area (Å²) in [6.45, 7) is 0.811. The molecule has 2 unspecified atom stereocenters. The number of carbonyl (C=O) groups is 2. The number of amides is 2. The van der Waals surface area contributed by atoms with Crippen LogP contribution in [0.25, 0.3) is 0 Å². The SMILES string of the molecule is CSC1CC(=O)N(CC[P+](=O)CCCN)C1=O. The third-order valence-corrected chi connectivity index (χ3v) is 5.12. The summed E-state index contributed by atoms with van der Waals surface area (Å²) in [7, 11) is -1.34. The zero-order chi connectivity index (χ0) is 12.8. The van der Waals surface area contributed by atoms with Crippen LogP contribution < -0.4 is 5.73 Å². The molecule has 1 aliphatic rings. The van der Waals surface area contributed by atoms with Crippen LogP contribution in [0, 0.1) is 0 Å². The molecule has 5 nitrogen and oxygen atoms in total. The van der Waals surface area contributed by atoms with E-state index in [9.17, 15) is 14.2 Å². The number of carbonyl (C=O) groups excluding carboxylic acids is 2. The number of hydrogen-bond donors (Lipinski definition) is 1. The smallest absolute Gasteiger partial charge is 0.330 e. The van der Waals surface area contributed by atoms with Gasteiger partial charge in [0.25, 0.3) is 0 Å². The molecule has 0 spiro atoms. The van der Waals surface area contributed by atoms with Gasteiger partial charge < -0.3 is 5.73 Å². The van der Waals surface area contributed by atoms with E-state index in [0.29, 0.717) is 18.9 Å². The summed E-state index contributed by atoms with van der Waals surface area (Å²) in [5, 5.41) is -0.246. The maximum absolute atomic E-state index is 11.7. The quantitative estimate of drug-likeness (QED) is 0.546. The van der Waals surface area contributed by atoms with E-state index >= 15 is 0 Å². The Morgan fingerprint density at radius 2 is 2.18 bits per heavy atom. The van der Waals surface area contributed by atoms with Gasteiger partial charge in [0.15, 0.2) is 6.16 Å². The monoisotopic (exact) mass is 277 g/mol. The number of imide groups is 1. The Hall–Kier alpha value is -0.450. The van der Waals surface area contributed by atoms with Crippen molar-refractivity contribution in [2.75, 3.05) is 31.7 Å². The molecule has 0 radical (unpaired) electrons. The molecule has 2 amide bonds. The third kappa shape index (κ3) is 4.05. The van der Waals surface area contributed by atoms with Crippen LogP contribution in [0.15, 0.2) is 0 Å². The number of likely N-dealkylation sites (tertiary alicyclic amines) is 1. The molecule has 0 aromatic rings. The van der Waals surface area contributed by atoms with Crippen LogP contribution in [0.1, 0.15) is 12.8 Å². The van der Waals surface area contributed by atoms with Crippen molar-refractivity contribution >= 4 is 31.4 Å². The summed E-state index contributed by atoms with van der Waals surface area (Å²) in [5.74, 6) is -0.277. The molecule has 1 saturated heterocycles. The zero-order valence-electron chi connectivity index (χ0n) is 9.92. The minimum Gasteiger partial charge on any atom is -0.330 e. The molecule has 1 fully saturated rings. The Morgan fingerprint density at radius 1 is 1.47 bits per heavy atom. The van der Waals surface area contributed by atoms with Crippen molar-refractivity contribution in [2.45, 2.75) is 18.1 Å². The molecule has 1 heterocycles. The topological polar surface area (TPSA) is 80.5 Å². The highest BCUT2D eigenvalue weighted by atomic mass is 32.2. The van der Waals surface area contributed by atoms with Crippen molar-refractivity contribution in [1.82, 2.24) is 4.90 Å². The van der Waals surface area contributed by atoms with Gasteiger partial charge in [0.05, 0.1) is 11.8 Å². The van der Waals surface area contributed by atoms with Crippen LogP contribution in [-0.2, 0) is 14.2 Å². The fraction of sp³-hybridized carbons (Fsp3) is 0.800. The van der Waals surface area contributed by atoms with Crippen LogP contribution in [-0.4, -0.2) is 53.6 Å². The fourth-order valence-corrected chi connectivity index (χ4v) is 3.48. The van der Waals surface area contributed by atoms with Gasteiger partial charge in [-0.3, -0.25) is 14.5 Å². The van der Waals surface area contributed by atoms with Gasteiger partial charge in [0, 0.05) is 12.8 Å². The Balaban J connectivity index is 2.39. The molecule has 7 heteroatoms. The molecule has 1 aliphatic heterocycles. The summed E-state index contributed by atoms with van der Waals surface area (Å²) in [6.07, 6.45) is 3.80. The molecule has 96 valence electrons. The van der Waals surface area contributed by atoms with Crippen molar-refractivity contribution in [2.24, 2.45) is 5.73 Å². The Bertz CT molecular complexity index is 325. The van der Waals surface area contributed by atoms with Crippen molar-refractivity contribution < 1.29 is 14.2 Å². The fourth-order valence-electron chi connectivity index (χ4n) is 1.66. The summed E-state index contributed by atoms with van der Waals surface area (Å²) < 4.78 is 11.6. The van der Waals surface area contributed by atoms with Crippen LogP contribution in [0.2, 0.25) is 0 Å². The van der Waals surface area contributed by atoms with E-state index in [1.807, 2.05) is 6.26 Å². The minimum atomic E-state index is -1.34. The van der Waals surface area contributed by atoms with Gasteiger partial charge in [-0.25, -0.2) is 0 Å². The molecule has 0 aromatic carbocycles. The minimum absolute atomic E-state index is 0.135. The first-order chi connectivity index (χ1) is 8.10. The lowest BCUT2D eigenvalue weighted by Crippen LogP contribution is -2.33. The lowest BCUT2D eigenvalue weighted by Gasteiger charge is -2.11. The predicted octanol–water partition coefficient (Wildman–Crippen LogP) is 0.653. The molecule has 2 atom stereocenters. The van der Waals surface area contributed by atoms with Crippen molar-refractivity contribution in [3.63, 3.8) is 0 Å². The van der Waals surface area contributed by atoms with E-state index in [2.05, 4.69) is 0 Å². The lowest BCUT2D eigenvalue weighted by molar-refractivity contribution is -0.137. The van der Waals surface area contributed by atoms with Gasteiger partial charge in [-0.15, -0.1) is 0 Å². The van der Waals surface area contributed by atoms with E-state index in [0.717, 1.165) is 6.42 Å². The van der Waals surface area contributed by atoms with E-state index in [-0.39, 0.29) is 30.0 Å². The standard InChI is InChI=1S/C10H18N2O3PS/c1-17-8-7-9(13)12(10(8)14)4-6-16(15)5-2-3-11/h8H,2-7,11H2,1H3/q+1. The number of nitrogens with zero attached hydrogens (tertiary/aromatic N) is 1. The predicted molar refractivity (Wildman–Crippen MR) is 69.7 cm³/mol. The first-order valence-corrected chi connectivity index (χ1v) is 8.51. The van der Waals surface area contributed by atoms with Gasteiger partial charge in [-0.1, -0.05) is 4.57 Å². The Kier molecular flexibility index (Phi) is 6.09. The van der Waals surface area contributed by atoms with Gasteiger partial charge in [-0.05, 0) is 12.8 Å². The van der Waals surface area contributed by atoms with Crippen molar-refractivity contribution in [1.29, 1.82) is 0 Å². The second kappa shape index (κ2) is 7.09. The summed E-state index contributed by atoms with van der Waals surface area (Å²) in [5.41, 5.74) is 5.33. The maximum Gasteiger partial charge on any atom is 0.340 e. The van der Waals surface area contributed by atoms with Crippen LogP contribution in [0.3, 0.4) is 0 Å². The molecule has 1 rings (SSSR count). The molecule has 2 N–H and O–H groups in total. The second-order valence-corrected chi connectivity index (χ2v) is 6.78. The first-order valence-electron chi connectivity index (χ1n) is 5.59. The normalized spacial score (nSPS) is 21.2. The highest BCUT2D eigenvalue weighted by molar-refractivity contribution is 8.00. The van der Waals surface area contributed by atoms with Crippen molar-refractivity contribution in [3.05, 3.63) is 0 Å². The first kappa shape index (κ1) is 14.6. The van der Waals surface area contributed by atoms with Gasteiger partial charge in [-0.2, -0.15) is 11.8 Å². The number of rotatable bonds is 7. The molecule has 0 aromatic heterocycles. The van der Waals surface area contributed by atoms with Crippen molar-refractivity contribution in [3.8, 4) is 0 Å². The molecule has 0 saturated carbocycles. The van der Waals surface area contributed by atoms with Crippen LogP contribution >= 0.6 is 19.6 Å². The van der Waals surface area contributed by atoms with Gasteiger partial charge >= 0.3 is 7.80 Å². The average Bonchev–Trinajstić information content (AvgIpc) is 2.59. The molecule has 0 aliphatic carbocycles. The van der Waals surface area contributed by atoms with Gasteiger partial charge in [0.1, 0.15) is 6.16 Å². The Labute approximate surface area is 106 Å². The molecular formula is C10H18N2O3PS+. The van der Waals surface area contributed by atoms with Crippen LogP contribution in [0.5, 0.6) is 0 Å². The highest BCUT2D eigenvalue weighted by Crippen LogP contribution is 2.26. The summed E-state index contributed by atoms with van der Waals surface area (Å²) in [4.78, 5) is 24.5. The zero-order valence-corrected chi connectivity index (χ0v) is 11.6. The lowest BCUT2D eigenvalue weighted by atomic mass is 10.4. The second-order valence-electron chi connectivity index (χ2n) is 3.88. The number of nitrogens with two attached hydrogens (primary N) is 1. The third-order valence-electron chi connectivity index (χ3n) is 2.67. The van der Waals surface area contributed by atoms with Crippen LogP contribution in [0.4, 0.5) is 0 Å². The average molecular weight is 277 g/mol. The maximum atomic E-state index is 11.7. The molecule has 17 heavy (non-hydrogen) atoms. The highest BCUT2D eigenvalue weighted by Gasteiger charge is 2.38. The van der Waals surface area contributed by atoms with E-state index < -0.39 is 7.80 Å².